The number of nitrogens with two attached hydrogens (primary N) is 1. The summed E-state index contributed by atoms with van der Waals surface area (Å²) >= 11 is 5.23. The highest BCUT2D eigenvalue weighted by Crippen LogP contribution is 2.30. The summed E-state index contributed by atoms with van der Waals surface area (Å²) in [5.74, 6) is 0.264. The quantitative estimate of drug-likeness (QED) is 0.729. The van der Waals surface area contributed by atoms with E-state index in [4.69, 9.17) is 18.0 Å². The molecule has 0 spiro atoms. The summed E-state index contributed by atoms with van der Waals surface area (Å²) < 4.78 is 0. The zero-order valence-corrected chi connectivity index (χ0v) is 12.0. The second-order valence-electron chi connectivity index (χ2n) is 5.01. The van der Waals surface area contributed by atoms with Crippen LogP contribution in [0.25, 0.3) is 0 Å². The average Bonchev–Trinajstić information content (AvgIpc) is 2.62. The molecular formula is C14H21N3OS. The van der Waals surface area contributed by atoms with Gasteiger partial charge in [0.05, 0.1) is 11.0 Å². The minimum atomic E-state index is -0.185. The fraction of sp³-hybridized carbons (Fsp3) is 0.500. The van der Waals surface area contributed by atoms with Crippen molar-refractivity contribution in [3.63, 3.8) is 0 Å². The Morgan fingerprint density at radius 1 is 1.42 bits per heavy atom. The average molecular weight is 279 g/mol. The van der Waals surface area contributed by atoms with Gasteiger partial charge in [0.1, 0.15) is 5.75 Å². The van der Waals surface area contributed by atoms with Gasteiger partial charge in [-0.15, -0.1) is 0 Å². The molecular weight excluding hydrogens is 258 g/mol. The van der Waals surface area contributed by atoms with Crippen molar-refractivity contribution >= 4 is 17.2 Å². The number of rotatable bonds is 3. The minimum Gasteiger partial charge on any atom is -0.508 e. The lowest BCUT2D eigenvalue weighted by Gasteiger charge is -2.30. The number of nitrogens with one attached hydrogen (secondary N) is 1. The lowest BCUT2D eigenvalue weighted by molar-refractivity contribution is 0.257. The molecule has 4 N–H and O–H groups in total. The van der Waals surface area contributed by atoms with Gasteiger partial charge >= 0.3 is 0 Å². The Morgan fingerprint density at radius 3 is 2.95 bits per heavy atom. The molecule has 19 heavy (non-hydrogen) atoms. The topological polar surface area (TPSA) is 61.5 Å². The van der Waals surface area contributed by atoms with Crippen molar-refractivity contribution in [2.45, 2.75) is 19.4 Å². The number of phenolic OH excluding ortho intramolecular Hbond substituents is 1. The molecule has 0 amide bonds. The van der Waals surface area contributed by atoms with Crippen LogP contribution in [0.15, 0.2) is 18.2 Å². The first-order valence-electron chi connectivity index (χ1n) is 6.63. The molecule has 1 aromatic rings. The van der Waals surface area contributed by atoms with E-state index in [-0.39, 0.29) is 11.8 Å². The molecule has 1 atom stereocenters. The molecule has 104 valence electrons. The molecule has 1 heterocycles. The SMILES string of the molecule is Cc1ccc(O)c(C(C(N)=S)N2CCCNCC2)c1. The van der Waals surface area contributed by atoms with Gasteiger partial charge in [0, 0.05) is 25.2 Å². The van der Waals surface area contributed by atoms with Crippen molar-refractivity contribution in [1.82, 2.24) is 10.2 Å². The maximum absolute atomic E-state index is 10.1. The third-order valence-electron chi connectivity index (χ3n) is 3.49. The molecule has 1 saturated heterocycles. The van der Waals surface area contributed by atoms with Crippen molar-refractivity contribution in [1.29, 1.82) is 0 Å². The first kappa shape index (κ1) is 14.2. The van der Waals surface area contributed by atoms with Crippen molar-refractivity contribution < 1.29 is 5.11 Å². The van der Waals surface area contributed by atoms with Crippen LogP contribution >= 0.6 is 12.2 Å². The Balaban J connectivity index is 2.33. The summed E-state index contributed by atoms with van der Waals surface area (Å²) in [6.45, 7) is 5.76. The minimum absolute atomic E-state index is 0.185. The predicted octanol–water partition coefficient (Wildman–Crippen LogP) is 1.32. The first-order chi connectivity index (χ1) is 9.09. The summed E-state index contributed by atoms with van der Waals surface area (Å²) in [5, 5.41) is 13.5. The van der Waals surface area contributed by atoms with Crippen molar-refractivity contribution in [3.8, 4) is 5.75 Å². The van der Waals surface area contributed by atoms with E-state index in [0.717, 1.165) is 43.7 Å². The molecule has 0 saturated carbocycles. The molecule has 2 rings (SSSR count). The number of nitrogens with zero attached hydrogens (tertiary/aromatic N) is 1. The summed E-state index contributed by atoms with van der Waals surface area (Å²) in [4.78, 5) is 2.67. The molecule has 0 aromatic heterocycles. The van der Waals surface area contributed by atoms with Gasteiger partial charge in [-0.05, 0) is 26.0 Å². The summed E-state index contributed by atoms with van der Waals surface area (Å²) in [6, 6.07) is 5.39. The van der Waals surface area contributed by atoms with Gasteiger partial charge < -0.3 is 16.2 Å². The van der Waals surface area contributed by atoms with Crippen LogP contribution in [0.5, 0.6) is 5.75 Å². The standard InChI is InChI=1S/C14H21N3OS/c1-10-3-4-12(18)11(9-10)13(14(15)19)17-7-2-5-16-6-8-17/h3-4,9,13,16,18H,2,5-8H2,1H3,(H2,15,19). The number of hydrogen-bond acceptors (Lipinski definition) is 4. The Hall–Kier alpha value is -1.17. The van der Waals surface area contributed by atoms with Gasteiger partial charge in [-0.3, -0.25) is 4.90 Å². The molecule has 5 heteroatoms. The van der Waals surface area contributed by atoms with Crippen LogP contribution in [0.4, 0.5) is 0 Å². The second kappa shape index (κ2) is 6.32. The van der Waals surface area contributed by atoms with E-state index >= 15 is 0 Å². The molecule has 1 fully saturated rings. The number of thiocarbonyl (C=S) groups is 1. The fourth-order valence-electron chi connectivity index (χ4n) is 2.55. The number of hydrogen-bond donors (Lipinski definition) is 3. The zero-order valence-electron chi connectivity index (χ0n) is 11.2. The highest BCUT2D eigenvalue weighted by atomic mass is 32.1. The molecule has 0 radical (unpaired) electrons. The molecule has 0 aliphatic carbocycles. The Labute approximate surface area is 119 Å². The van der Waals surface area contributed by atoms with Crippen LogP contribution < -0.4 is 11.1 Å². The largest absolute Gasteiger partial charge is 0.508 e. The van der Waals surface area contributed by atoms with Gasteiger partial charge in [-0.1, -0.05) is 29.9 Å². The third-order valence-corrected chi connectivity index (χ3v) is 3.71. The van der Waals surface area contributed by atoms with Gasteiger partial charge in [-0.2, -0.15) is 0 Å². The van der Waals surface area contributed by atoms with Crippen LogP contribution in [-0.2, 0) is 0 Å². The van der Waals surface area contributed by atoms with Gasteiger partial charge in [-0.25, -0.2) is 0 Å². The number of benzene rings is 1. The molecule has 4 nitrogen and oxygen atoms in total. The molecule has 0 bridgehead atoms. The Bertz CT molecular complexity index is 456. The van der Waals surface area contributed by atoms with Crippen LogP contribution in [0.3, 0.4) is 0 Å². The lowest BCUT2D eigenvalue weighted by Crippen LogP contribution is -2.39. The number of aromatic hydroxyl groups is 1. The van der Waals surface area contributed by atoms with Crippen molar-refractivity contribution in [3.05, 3.63) is 29.3 Å². The van der Waals surface area contributed by atoms with Crippen molar-refractivity contribution in [2.75, 3.05) is 26.2 Å². The maximum Gasteiger partial charge on any atom is 0.120 e. The van der Waals surface area contributed by atoms with Gasteiger partial charge in [0.25, 0.3) is 0 Å². The van der Waals surface area contributed by atoms with E-state index in [2.05, 4.69) is 10.2 Å². The first-order valence-corrected chi connectivity index (χ1v) is 7.04. The second-order valence-corrected chi connectivity index (χ2v) is 5.48. The summed E-state index contributed by atoms with van der Waals surface area (Å²) in [5.41, 5.74) is 7.84. The van der Waals surface area contributed by atoms with Crippen LogP contribution in [0.2, 0.25) is 0 Å². The summed E-state index contributed by atoms with van der Waals surface area (Å²) in [7, 11) is 0. The smallest absolute Gasteiger partial charge is 0.120 e. The lowest BCUT2D eigenvalue weighted by atomic mass is 10.0. The maximum atomic E-state index is 10.1. The van der Waals surface area contributed by atoms with E-state index in [9.17, 15) is 5.11 Å². The van der Waals surface area contributed by atoms with Crippen LogP contribution in [-0.4, -0.2) is 41.2 Å². The summed E-state index contributed by atoms with van der Waals surface area (Å²) in [6.07, 6.45) is 1.06. The van der Waals surface area contributed by atoms with E-state index in [1.807, 2.05) is 19.1 Å². The Morgan fingerprint density at radius 2 is 2.21 bits per heavy atom. The van der Waals surface area contributed by atoms with E-state index < -0.39 is 0 Å². The molecule has 1 aliphatic heterocycles. The van der Waals surface area contributed by atoms with Gasteiger partial charge in [0.15, 0.2) is 0 Å². The zero-order chi connectivity index (χ0) is 13.8. The van der Waals surface area contributed by atoms with E-state index in [1.165, 1.54) is 0 Å². The Kier molecular flexibility index (Phi) is 4.74. The highest BCUT2D eigenvalue weighted by molar-refractivity contribution is 7.80. The molecule has 1 unspecified atom stereocenters. The third kappa shape index (κ3) is 3.43. The number of phenols is 1. The molecule has 1 aliphatic rings. The highest BCUT2D eigenvalue weighted by Gasteiger charge is 2.26. The van der Waals surface area contributed by atoms with Gasteiger partial charge in [0.2, 0.25) is 0 Å². The number of aryl methyl sites for hydroxylation is 1. The normalized spacial score (nSPS) is 18.8. The fourth-order valence-corrected chi connectivity index (χ4v) is 2.82. The molecule has 1 aromatic carbocycles. The van der Waals surface area contributed by atoms with Crippen molar-refractivity contribution in [2.24, 2.45) is 5.73 Å². The predicted molar refractivity (Wildman–Crippen MR) is 81.4 cm³/mol. The van der Waals surface area contributed by atoms with E-state index in [0.29, 0.717) is 4.99 Å². The monoisotopic (exact) mass is 279 g/mol. The van der Waals surface area contributed by atoms with E-state index in [1.54, 1.807) is 6.07 Å². The van der Waals surface area contributed by atoms with Crippen LogP contribution in [0.1, 0.15) is 23.6 Å². The van der Waals surface area contributed by atoms with Crippen LogP contribution in [0, 0.1) is 6.92 Å².